The molecule has 5 nitrogen and oxygen atoms in total. The summed E-state index contributed by atoms with van der Waals surface area (Å²) in [6, 6.07) is 2.57. The molecule has 1 amide bonds. The maximum Gasteiger partial charge on any atom is 0.249 e. The van der Waals surface area contributed by atoms with Crippen LogP contribution in [0.15, 0.2) is 23.0 Å². The second-order valence-corrected chi connectivity index (χ2v) is 8.80. The summed E-state index contributed by atoms with van der Waals surface area (Å²) in [7, 11) is 0. The molecule has 0 bridgehead atoms. The Balaban J connectivity index is 0.00000182. The molecule has 1 spiro atoms. The minimum atomic E-state index is -0.342. The molecular weight excluding hydrogens is 376 g/mol. The number of nitrogens with one attached hydrogen (secondary N) is 1. The number of nitrogens with zero attached hydrogens (tertiary/aromatic N) is 2. The lowest BCUT2D eigenvalue weighted by Crippen LogP contribution is -2.35. The van der Waals surface area contributed by atoms with Crippen molar-refractivity contribution in [3.05, 3.63) is 38.5 Å². The van der Waals surface area contributed by atoms with Gasteiger partial charge in [0.1, 0.15) is 5.01 Å². The first-order chi connectivity index (χ1) is 11.7. The lowest BCUT2D eigenvalue weighted by atomic mass is 9.93. The van der Waals surface area contributed by atoms with E-state index in [-0.39, 0.29) is 18.3 Å². The number of aromatic nitrogens is 1. The fourth-order valence-corrected chi connectivity index (χ4v) is 5.42. The van der Waals surface area contributed by atoms with Crippen LogP contribution in [0.5, 0.6) is 0 Å². The zero-order valence-electron chi connectivity index (χ0n) is 13.9. The molecule has 8 heteroatoms. The highest BCUT2D eigenvalue weighted by molar-refractivity contribution is 7.10. The van der Waals surface area contributed by atoms with Crippen LogP contribution in [-0.2, 0) is 13.1 Å². The third-order valence-electron chi connectivity index (χ3n) is 5.31. The standard InChI is InChI=1S/C17H22N4OS2.ClH/c18-16(22)12-7-13(24-11-12)9-21(10-15-20-5-6-23-15)14-8-17(14)1-3-19-4-2-17;/h5-7,11,14,19H,1-4,8-10H2,(H2,18,22);1H. The number of nitrogens with two attached hydrogens (primary N) is 1. The number of piperidine rings is 1. The van der Waals surface area contributed by atoms with Crippen molar-refractivity contribution < 1.29 is 4.79 Å². The van der Waals surface area contributed by atoms with E-state index in [2.05, 4.69) is 15.2 Å². The summed E-state index contributed by atoms with van der Waals surface area (Å²) in [5.41, 5.74) is 6.50. The van der Waals surface area contributed by atoms with Crippen molar-refractivity contribution in [2.45, 2.75) is 38.4 Å². The molecule has 1 aliphatic carbocycles. The van der Waals surface area contributed by atoms with Gasteiger partial charge in [0.2, 0.25) is 5.91 Å². The Morgan fingerprint density at radius 1 is 1.36 bits per heavy atom. The first-order valence-corrected chi connectivity index (χ1v) is 10.1. The van der Waals surface area contributed by atoms with Crippen LogP contribution in [0, 0.1) is 5.41 Å². The van der Waals surface area contributed by atoms with Gasteiger partial charge in [-0.25, -0.2) is 4.98 Å². The predicted molar refractivity (Wildman–Crippen MR) is 104 cm³/mol. The molecule has 3 N–H and O–H groups in total. The van der Waals surface area contributed by atoms with Gasteiger partial charge in [-0.15, -0.1) is 35.1 Å². The zero-order valence-corrected chi connectivity index (χ0v) is 16.4. The van der Waals surface area contributed by atoms with Gasteiger partial charge in [0.05, 0.1) is 12.1 Å². The highest BCUT2D eigenvalue weighted by Gasteiger charge is 2.56. The maximum atomic E-state index is 11.3. The number of thiazole rings is 1. The molecule has 1 saturated heterocycles. The second-order valence-electron chi connectivity index (χ2n) is 6.83. The van der Waals surface area contributed by atoms with Crippen molar-refractivity contribution in [1.29, 1.82) is 0 Å². The minimum absolute atomic E-state index is 0. The van der Waals surface area contributed by atoms with Gasteiger partial charge >= 0.3 is 0 Å². The fraction of sp³-hybridized carbons (Fsp3) is 0.529. The molecule has 1 unspecified atom stereocenters. The van der Waals surface area contributed by atoms with Crippen molar-refractivity contribution in [2.24, 2.45) is 11.1 Å². The molecule has 1 atom stereocenters. The Kier molecular flexibility index (Phi) is 5.80. The molecule has 136 valence electrons. The summed E-state index contributed by atoms with van der Waals surface area (Å²) < 4.78 is 0. The molecule has 1 aliphatic heterocycles. The van der Waals surface area contributed by atoms with Crippen molar-refractivity contribution in [2.75, 3.05) is 13.1 Å². The van der Waals surface area contributed by atoms with Crippen molar-refractivity contribution >= 4 is 41.0 Å². The molecule has 4 rings (SSSR count). The van der Waals surface area contributed by atoms with Crippen molar-refractivity contribution in [1.82, 2.24) is 15.2 Å². The average molecular weight is 399 g/mol. The summed E-state index contributed by atoms with van der Waals surface area (Å²) in [5, 5.41) is 8.54. The Morgan fingerprint density at radius 3 is 2.80 bits per heavy atom. The minimum Gasteiger partial charge on any atom is -0.366 e. The lowest BCUT2D eigenvalue weighted by molar-refractivity contribution is 0.100. The topological polar surface area (TPSA) is 71.2 Å². The van der Waals surface area contributed by atoms with Crippen LogP contribution in [0.1, 0.15) is 39.5 Å². The van der Waals surface area contributed by atoms with Gasteiger partial charge < -0.3 is 11.1 Å². The molecule has 0 radical (unpaired) electrons. The number of halogens is 1. The molecule has 1 saturated carbocycles. The number of amides is 1. The van der Waals surface area contributed by atoms with E-state index in [1.165, 1.54) is 24.1 Å². The van der Waals surface area contributed by atoms with E-state index in [0.29, 0.717) is 17.0 Å². The molecule has 25 heavy (non-hydrogen) atoms. The number of hydrogen-bond donors (Lipinski definition) is 2. The monoisotopic (exact) mass is 398 g/mol. The van der Waals surface area contributed by atoms with Crippen LogP contribution in [0.4, 0.5) is 0 Å². The summed E-state index contributed by atoms with van der Waals surface area (Å²) in [6.07, 6.45) is 5.70. The van der Waals surface area contributed by atoms with Crippen LogP contribution < -0.4 is 11.1 Å². The fourth-order valence-electron chi connectivity index (χ4n) is 3.88. The number of carbonyl (C=O) groups is 1. The van der Waals surface area contributed by atoms with Crippen LogP contribution in [0.3, 0.4) is 0 Å². The third kappa shape index (κ3) is 4.06. The Hall–Kier alpha value is -0.990. The number of carbonyl (C=O) groups excluding carboxylic acids is 1. The Bertz CT molecular complexity index is 712. The van der Waals surface area contributed by atoms with E-state index in [4.69, 9.17) is 5.73 Å². The lowest BCUT2D eigenvalue weighted by Gasteiger charge is -2.28. The van der Waals surface area contributed by atoms with Gasteiger partial charge in [0, 0.05) is 34.4 Å². The van der Waals surface area contributed by atoms with Crippen LogP contribution in [-0.4, -0.2) is 34.9 Å². The number of primary amides is 1. The van der Waals surface area contributed by atoms with Crippen molar-refractivity contribution in [3.8, 4) is 0 Å². The van der Waals surface area contributed by atoms with Crippen LogP contribution in [0.25, 0.3) is 0 Å². The zero-order chi connectivity index (χ0) is 16.6. The third-order valence-corrected chi connectivity index (χ3v) is 6.99. The highest BCUT2D eigenvalue weighted by Crippen LogP contribution is 2.56. The van der Waals surface area contributed by atoms with Crippen LogP contribution in [0.2, 0.25) is 0 Å². The van der Waals surface area contributed by atoms with E-state index >= 15 is 0 Å². The summed E-state index contributed by atoms with van der Waals surface area (Å²) in [4.78, 5) is 19.6. The number of rotatable bonds is 6. The van der Waals surface area contributed by atoms with E-state index in [1.807, 2.05) is 23.0 Å². The van der Waals surface area contributed by atoms with Crippen molar-refractivity contribution in [3.63, 3.8) is 0 Å². The largest absolute Gasteiger partial charge is 0.366 e. The van der Waals surface area contributed by atoms with E-state index in [0.717, 1.165) is 31.2 Å². The smallest absolute Gasteiger partial charge is 0.249 e. The molecule has 0 aromatic carbocycles. The molecule has 2 fully saturated rings. The average Bonchev–Trinajstić information content (AvgIpc) is 3.00. The summed E-state index contributed by atoms with van der Waals surface area (Å²) in [6.45, 7) is 4.03. The van der Waals surface area contributed by atoms with E-state index in [1.54, 1.807) is 22.7 Å². The quantitative estimate of drug-likeness (QED) is 0.784. The Morgan fingerprint density at radius 2 is 2.16 bits per heavy atom. The Labute approximate surface area is 162 Å². The molecule has 2 aromatic heterocycles. The molecular formula is C17H23ClN4OS2. The van der Waals surface area contributed by atoms with Crippen LogP contribution >= 0.6 is 35.1 Å². The van der Waals surface area contributed by atoms with E-state index in [9.17, 15) is 4.79 Å². The molecule has 2 aromatic rings. The first kappa shape index (κ1) is 18.8. The number of thiophene rings is 1. The van der Waals surface area contributed by atoms with Gasteiger partial charge in [-0.1, -0.05) is 0 Å². The predicted octanol–water partition coefficient (Wildman–Crippen LogP) is 2.87. The van der Waals surface area contributed by atoms with Gasteiger partial charge in [-0.2, -0.15) is 0 Å². The molecule has 2 aliphatic rings. The van der Waals surface area contributed by atoms with E-state index < -0.39 is 0 Å². The normalized spacial score (nSPS) is 21.2. The van der Waals surface area contributed by atoms with Gasteiger partial charge in [0.25, 0.3) is 0 Å². The summed E-state index contributed by atoms with van der Waals surface area (Å²) in [5.74, 6) is -0.342. The maximum absolute atomic E-state index is 11.3. The highest BCUT2D eigenvalue weighted by atomic mass is 35.5. The first-order valence-electron chi connectivity index (χ1n) is 8.37. The summed E-state index contributed by atoms with van der Waals surface area (Å²) >= 11 is 3.34. The van der Waals surface area contributed by atoms with Gasteiger partial charge in [0.15, 0.2) is 0 Å². The van der Waals surface area contributed by atoms with Gasteiger partial charge in [-0.05, 0) is 43.8 Å². The second kappa shape index (κ2) is 7.72. The van der Waals surface area contributed by atoms with Gasteiger partial charge in [-0.3, -0.25) is 9.69 Å². The number of hydrogen-bond acceptors (Lipinski definition) is 6. The molecule has 3 heterocycles. The SMILES string of the molecule is Cl.NC(=O)c1csc(CN(Cc2nccs2)C2CC23CCNCC3)c1.